The molecule has 8 heteroatoms. The SMILES string of the molecule is O=C(NC(=S)Nc1ccc(Cl)c(Cl)c1)c1sc2ccccc2c1Cl. The molecule has 3 rings (SSSR count). The molecular weight excluding hydrogens is 407 g/mol. The lowest BCUT2D eigenvalue weighted by molar-refractivity contribution is 0.0982. The number of amides is 1. The molecule has 0 saturated heterocycles. The number of fused-ring (bicyclic) bond motifs is 1. The summed E-state index contributed by atoms with van der Waals surface area (Å²) < 4.78 is 0.941. The summed E-state index contributed by atoms with van der Waals surface area (Å²) in [6, 6.07) is 12.5. The Morgan fingerprint density at radius 1 is 1.04 bits per heavy atom. The molecule has 0 saturated carbocycles. The maximum absolute atomic E-state index is 12.4. The second kappa shape index (κ2) is 7.25. The normalized spacial score (nSPS) is 10.6. The minimum Gasteiger partial charge on any atom is -0.332 e. The summed E-state index contributed by atoms with van der Waals surface area (Å²) in [5.74, 6) is -0.362. The van der Waals surface area contributed by atoms with Crippen LogP contribution in [0.15, 0.2) is 42.5 Å². The van der Waals surface area contributed by atoms with Gasteiger partial charge in [-0.2, -0.15) is 0 Å². The highest BCUT2D eigenvalue weighted by Crippen LogP contribution is 2.35. The van der Waals surface area contributed by atoms with Crippen LogP contribution in [-0.2, 0) is 0 Å². The van der Waals surface area contributed by atoms with E-state index in [1.807, 2.05) is 24.3 Å². The highest BCUT2D eigenvalue weighted by Gasteiger charge is 2.17. The monoisotopic (exact) mass is 414 g/mol. The molecule has 3 nitrogen and oxygen atoms in total. The number of thiophene rings is 1. The zero-order valence-electron chi connectivity index (χ0n) is 11.9. The Labute approximate surface area is 162 Å². The van der Waals surface area contributed by atoms with Gasteiger partial charge < -0.3 is 5.32 Å². The van der Waals surface area contributed by atoms with E-state index in [-0.39, 0.29) is 11.0 Å². The maximum Gasteiger partial charge on any atom is 0.269 e. The number of carbonyl (C=O) groups excluding carboxylic acids is 1. The van der Waals surface area contributed by atoms with Gasteiger partial charge in [-0.15, -0.1) is 11.3 Å². The van der Waals surface area contributed by atoms with Crippen molar-refractivity contribution in [3.05, 3.63) is 62.4 Å². The Balaban J connectivity index is 1.74. The summed E-state index contributed by atoms with van der Waals surface area (Å²) in [7, 11) is 0. The lowest BCUT2D eigenvalue weighted by Crippen LogP contribution is -2.33. The van der Waals surface area contributed by atoms with Crippen LogP contribution in [0.3, 0.4) is 0 Å². The minimum atomic E-state index is -0.362. The average molecular weight is 416 g/mol. The smallest absolute Gasteiger partial charge is 0.269 e. The third-order valence-corrected chi connectivity index (χ3v) is 5.76. The fraction of sp³-hybridized carbons (Fsp3) is 0. The van der Waals surface area contributed by atoms with Gasteiger partial charge in [0.05, 0.1) is 15.1 Å². The van der Waals surface area contributed by atoms with Crippen molar-refractivity contribution in [3.63, 3.8) is 0 Å². The minimum absolute atomic E-state index is 0.145. The first-order valence-corrected chi connectivity index (χ1v) is 9.06. The molecule has 2 aromatic carbocycles. The number of hydrogen-bond acceptors (Lipinski definition) is 3. The summed E-state index contributed by atoms with van der Waals surface area (Å²) in [6.45, 7) is 0. The van der Waals surface area contributed by atoms with Gasteiger partial charge in [0.15, 0.2) is 5.11 Å². The molecule has 0 bridgehead atoms. The van der Waals surface area contributed by atoms with Crippen molar-refractivity contribution in [1.82, 2.24) is 5.32 Å². The molecule has 1 amide bonds. The molecule has 1 heterocycles. The number of halogens is 3. The van der Waals surface area contributed by atoms with Crippen molar-refractivity contribution in [2.75, 3.05) is 5.32 Å². The molecule has 0 atom stereocenters. The molecule has 0 fully saturated rings. The lowest BCUT2D eigenvalue weighted by Gasteiger charge is -2.09. The summed E-state index contributed by atoms with van der Waals surface area (Å²) in [5, 5.41) is 7.74. The van der Waals surface area contributed by atoms with Crippen LogP contribution in [0.1, 0.15) is 9.67 Å². The molecule has 0 aliphatic heterocycles. The van der Waals surface area contributed by atoms with Crippen molar-refractivity contribution in [3.8, 4) is 0 Å². The topological polar surface area (TPSA) is 41.1 Å². The number of anilines is 1. The molecule has 122 valence electrons. The number of hydrogen-bond donors (Lipinski definition) is 2. The molecular formula is C16H9Cl3N2OS2. The quantitative estimate of drug-likeness (QED) is 0.505. The number of nitrogens with one attached hydrogen (secondary N) is 2. The van der Waals surface area contributed by atoms with E-state index in [2.05, 4.69) is 10.6 Å². The van der Waals surface area contributed by atoms with Crippen LogP contribution in [0.4, 0.5) is 5.69 Å². The Hall–Kier alpha value is -1.37. The molecule has 0 spiro atoms. The second-order valence-electron chi connectivity index (χ2n) is 4.78. The Morgan fingerprint density at radius 2 is 1.79 bits per heavy atom. The van der Waals surface area contributed by atoms with E-state index in [0.717, 1.165) is 10.1 Å². The predicted octanol–water partition coefficient (Wildman–Crippen LogP) is 5.99. The fourth-order valence-corrected chi connectivity index (χ4v) is 3.98. The van der Waals surface area contributed by atoms with Crippen LogP contribution in [0.2, 0.25) is 15.1 Å². The van der Waals surface area contributed by atoms with Gasteiger partial charge in [0.1, 0.15) is 4.88 Å². The highest BCUT2D eigenvalue weighted by molar-refractivity contribution is 7.80. The zero-order chi connectivity index (χ0) is 17.3. The van der Waals surface area contributed by atoms with Crippen molar-refractivity contribution in [2.24, 2.45) is 0 Å². The lowest BCUT2D eigenvalue weighted by atomic mass is 10.2. The van der Waals surface area contributed by atoms with Crippen LogP contribution in [0, 0.1) is 0 Å². The van der Waals surface area contributed by atoms with Crippen molar-refractivity contribution >= 4 is 85.2 Å². The first kappa shape index (κ1) is 17.5. The molecule has 0 aliphatic rings. The van der Waals surface area contributed by atoms with Crippen molar-refractivity contribution in [2.45, 2.75) is 0 Å². The summed E-state index contributed by atoms with van der Waals surface area (Å²) >= 11 is 24.6. The molecule has 24 heavy (non-hydrogen) atoms. The van der Waals surface area contributed by atoms with E-state index in [9.17, 15) is 4.79 Å². The van der Waals surface area contributed by atoms with E-state index in [1.165, 1.54) is 11.3 Å². The third kappa shape index (κ3) is 3.66. The van der Waals surface area contributed by atoms with Gasteiger partial charge >= 0.3 is 0 Å². The number of thiocarbonyl (C=S) groups is 1. The molecule has 0 radical (unpaired) electrons. The van der Waals surface area contributed by atoms with Crippen LogP contribution in [0.25, 0.3) is 10.1 Å². The number of benzene rings is 2. The first-order chi connectivity index (χ1) is 11.5. The fourth-order valence-electron chi connectivity index (χ4n) is 2.06. The molecule has 2 N–H and O–H groups in total. The van der Waals surface area contributed by atoms with Gasteiger partial charge in [0, 0.05) is 15.8 Å². The first-order valence-electron chi connectivity index (χ1n) is 6.70. The highest BCUT2D eigenvalue weighted by atomic mass is 35.5. The van der Waals surface area contributed by atoms with Crippen LogP contribution in [-0.4, -0.2) is 11.0 Å². The van der Waals surface area contributed by atoms with Gasteiger partial charge in [-0.25, -0.2) is 0 Å². The summed E-state index contributed by atoms with van der Waals surface area (Å²) in [5.41, 5.74) is 0.622. The van der Waals surface area contributed by atoms with E-state index in [4.69, 9.17) is 47.0 Å². The molecule has 3 aromatic rings. The van der Waals surface area contributed by atoms with Gasteiger partial charge in [0.2, 0.25) is 0 Å². The van der Waals surface area contributed by atoms with Crippen LogP contribution >= 0.6 is 58.4 Å². The maximum atomic E-state index is 12.4. The van der Waals surface area contributed by atoms with E-state index >= 15 is 0 Å². The Morgan fingerprint density at radius 3 is 2.50 bits per heavy atom. The largest absolute Gasteiger partial charge is 0.332 e. The van der Waals surface area contributed by atoms with Gasteiger partial charge in [0.25, 0.3) is 5.91 Å². The van der Waals surface area contributed by atoms with Gasteiger partial charge in [-0.3, -0.25) is 10.1 Å². The Bertz CT molecular complexity index is 956. The number of carbonyl (C=O) groups is 1. The molecule has 0 aliphatic carbocycles. The van der Waals surface area contributed by atoms with Crippen molar-refractivity contribution < 1.29 is 4.79 Å². The Kier molecular flexibility index (Phi) is 5.27. The zero-order valence-corrected chi connectivity index (χ0v) is 15.8. The summed E-state index contributed by atoms with van der Waals surface area (Å²) in [4.78, 5) is 12.8. The van der Waals surface area contributed by atoms with Gasteiger partial charge in [-0.1, -0.05) is 53.0 Å². The standard InChI is InChI=1S/C16H9Cl3N2OS2/c17-10-6-5-8(7-11(10)18)20-16(23)21-15(22)14-13(19)9-3-1-2-4-12(9)24-14/h1-7H,(H2,20,21,22,23). The second-order valence-corrected chi connectivity index (χ2v) is 7.43. The third-order valence-electron chi connectivity index (χ3n) is 3.15. The summed E-state index contributed by atoms with van der Waals surface area (Å²) in [6.07, 6.45) is 0. The molecule has 1 aromatic heterocycles. The van der Waals surface area contributed by atoms with Crippen LogP contribution < -0.4 is 10.6 Å². The van der Waals surface area contributed by atoms with E-state index in [1.54, 1.807) is 18.2 Å². The van der Waals surface area contributed by atoms with Crippen molar-refractivity contribution in [1.29, 1.82) is 0 Å². The van der Waals surface area contributed by atoms with E-state index in [0.29, 0.717) is 25.6 Å². The average Bonchev–Trinajstić information content (AvgIpc) is 2.88. The van der Waals surface area contributed by atoms with E-state index < -0.39 is 0 Å². The number of rotatable bonds is 2. The van der Waals surface area contributed by atoms with Crippen LogP contribution in [0.5, 0.6) is 0 Å². The van der Waals surface area contributed by atoms with Gasteiger partial charge in [-0.05, 0) is 36.5 Å². The predicted molar refractivity (Wildman–Crippen MR) is 107 cm³/mol. The molecule has 0 unspecified atom stereocenters.